The second-order valence-electron chi connectivity index (χ2n) is 6.65. The number of nitrogens with one attached hydrogen (secondary N) is 2. The maximum Gasteiger partial charge on any atom is 0.240 e. The Hall–Kier alpha value is -1.88. The molecule has 0 heterocycles. The van der Waals surface area contributed by atoms with Crippen LogP contribution in [-0.2, 0) is 20.0 Å². The Kier molecular flexibility index (Phi) is 6.13. The normalized spacial score (nSPS) is 20.8. The number of hydrogen-bond donors (Lipinski definition) is 2. The third-order valence-corrected chi connectivity index (χ3v) is 7.64. The van der Waals surface area contributed by atoms with Gasteiger partial charge in [0.05, 0.1) is 9.79 Å². The van der Waals surface area contributed by atoms with Gasteiger partial charge in [-0.1, -0.05) is 12.8 Å². The zero-order chi connectivity index (χ0) is 20.4. The molecule has 0 aromatic heterocycles. The summed E-state index contributed by atoms with van der Waals surface area (Å²) in [6, 6.07) is 7.48. The van der Waals surface area contributed by atoms with Crippen molar-refractivity contribution in [1.29, 1.82) is 0 Å². The molecule has 152 valence electrons. The number of hydrogen-bond acceptors (Lipinski definition) is 4. The first-order valence-corrected chi connectivity index (χ1v) is 11.7. The quantitative estimate of drug-likeness (QED) is 0.737. The van der Waals surface area contributed by atoms with E-state index in [0.29, 0.717) is 12.8 Å². The molecular formula is C18H20F2N2O4S2. The largest absolute Gasteiger partial charge is 0.240 e. The number of sulfonamides is 2. The van der Waals surface area contributed by atoms with Gasteiger partial charge in [-0.3, -0.25) is 0 Å². The zero-order valence-electron chi connectivity index (χ0n) is 14.8. The lowest BCUT2D eigenvalue weighted by molar-refractivity contribution is 0.340. The van der Waals surface area contributed by atoms with Crippen LogP contribution in [0.2, 0.25) is 0 Å². The molecule has 0 saturated heterocycles. The summed E-state index contributed by atoms with van der Waals surface area (Å²) in [5.41, 5.74) is 0. The van der Waals surface area contributed by atoms with Crippen molar-refractivity contribution in [2.75, 3.05) is 0 Å². The summed E-state index contributed by atoms with van der Waals surface area (Å²) in [4.78, 5) is -0.195. The van der Waals surface area contributed by atoms with Crippen LogP contribution in [0.1, 0.15) is 25.7 Å². The molecule has 1 aliphatic rings. The SMILES string of the molecule is O=S(=O)(N[C@H]1CCCC[C@H]1NS(=O)(=O)c1ccc(F)cc1)c1ccc(F)cc1. The molecule has 10 heteroatoms. The van der Waals surface area contributed by atoms with E-state index in [-0.39, 0.29) is 9.79 Å². The standard InChI is InChI=1S/C18H20F2N2O4S2/c19-13-5-9-15(10-6-13)27(23,24)21-17-3-1-2-4-18(17)22-28(25,26)16-11-7-14(20)8-12-16/h5-12,17-18,21-22H,1-4H2/t17-,18+. The van der Waals surface area contributed by atoms with E-state index in [1.54, 1.807) is 0 Å². The van der Waals surface area contributed by atoms with Gasteiger partial charge in [0.2, 0.25) is 20.0 Å². The molecule has 1 aliphatic carbocycles. The van der Waals surface area contributed by atoms with Gasteiger partial charge in [0.25, 0.3) is 0 Å². The molecule has 2 aromatic rings. The first kappa shape index (κ1) is 20.8. The molecule has 1 saturated carbocycles. The first-order chi connectivity index (χ1) is 13.2. The van der Waals surface area contributed by atoms with Gasteiger partial charge in [0.15, 0.2) is 0 Å². The van der Waals surface area contributed by atoms with Crippen molar-refractivity contribution in [3.8, 4) is 0 Å². The fourth-order valence-electron chi connectivity index (χ4n) is 3.18. The summed E-state index contributed by atoms with van der Waals surface area (Å²) >= 11 is 0. The van der Waals surface area contributed by atoms with E-state index >= 15 is 0 Å². The lowest BCUT2D eigenvalue weighted by Gasteiger charge is -2.32. The van der Waals surface area contributed by atoms with Crippen molar-refractivity contribution in [2.45, 2.75) is 47.6 Å². The second-order valence-corrected chi connectivity index (χ2v) is 10.1. The van der Waals surface area contributed by atoms with Crippen LogP contribution in [0.15, 0.2) is 58.3 Å². The van der Waals surface area contributed by atoms with Gasteiger partial charge in [0, 0.05) is 12.1 Å². The topological polar surface area (TPSA) is 92.3 Å². The third-order valence-electron chi connectivity index (χ3n) is 4.63. The van der Waals surface area contributed by atoms with E-state index < -0.39 is 43.8 Å². The van der Waals surface area contributed by atoms with Gasteiger partial charge in [-0.2, -0.15) is 0 Å². The van der Waals surface area contributed by atoms with Gasteiger partial charge >= 0.3 is 0 Å². The van der Waals surface area contributed by atoms with Crippen LogP contribution >= 0.6 is 0 Å². The van der Waals surface area contributed by atoms with E-state index in [4.69, 9.17) is 0 Å². The summed E-state index contributed by atoms with van der Waals surface area (Å²) in [5.74, 6) is -1.11. The van der Waals surface area contributed by atoms with Crippen molar-refractivity contribution < 1.29 is 25.6 Å². The minimum atomic E-state index is -3.94. The predicted molar refractivity (Wildman–Crippen MR) is 99.5 cm³/mol. The molecule has 2 atom stereocenters. The van der Waals surface area contributed by atoms with E-state index in [9.17, 15) is 25.6 Å². The molecular weight excluding hydrogens is 410 g/mol. The van der Waals surface area contributed by atoms with Crippen LogP contribution in [0.25, 0.3) is 0 Å². The maximum absolute atomic E-state index is 13.1. The highest BCUT2D eigenvalue weighted by Gasteiger charge is 2.32. The summed E-state index contributed by atoms with van der Waals surface area (Å²) in [6.45, 7) is 0. The molecule has 2 N–H and O–H groups in total. The van der Waals surface area contributed by atoms with Crippen LogP contribution in [-0.4, -0.2) is 28.9 Å². The lowest BCUT2D eigenvalue weighted by Crippen LogP contribution is -2.52. The smallest absolute Gasteiger partial charge is 0.207 e. The molecule has 0 aliphatic heterocycles. The molecule has 0 unspecified atom stereocenters. The highest BCUT2D eigenvalue weighted by molar-refractivity contribution is 7.90. The summed E-state index contributed by atoms with van der Waals surface area (Å²) in [6.07, 6.45) is 2.39. The molecule has 0 amide bonds. The minimum Gasteiger partial charge on any atom is -0.207 e. The first-order valence-electron chi connectivity index (χ1n) is 8.73. The van der Waals surface area contributed by atoms with E-state index in [1.165, 1.54) is 0 Å². The summed E-state index contributed by atoms with van der Waals surface area (Å²) in [7, 11) is -7.87. The average Bonchev–Trinajstić information content (AvgIpc) is 2.64. The van der Waals surface area contributed by atoms with Crippen LogP contribution in [0.5, 0.6) is 0 Å². The number of rotatable bonds is 6. The van der Waals surface area contributed by atoms with Crippen molar-refractivity contribution in [3.05, 3.63) is 60.2 Å². The molecule has 6 nitrogen and oxygen atoms in total. The second kappa shape index (κ2) is 8.24. The fraction of sp³-hybridized carbons (Fsp3) is 0.333. The van der Waals surface area contributed by atoms with Crippen LogP contribution in [0.4, 0.5) is 8.78 Å². The Morgan fingerprint density at radius 3 is 1.29 bits per heavy atom. The Bertz CT molecular complexity index is 939. The molecule has 0 spiro atoms. The minimum absolute atomic E-state index is 0.0976. The number of benzene rings is 2. The molecule has 0 radical (unpaired) electrons. The summed E-state index contributed by atoms with van der Waals surface area (Å²) < 4.78 is 81.5. The molecule has 28 heavy (non-hydrogen) atoms. The average molecular weight is 430 g/mol. The Morgan fingerprint density at radius 2 is 0.964 bits per heavy atom. The molecule has 1 fully saturated rings. The van der Waals surface area contributed by atoms with Gasteiger partial charge < -0.3 is 0 Å². The van der Waals surface area contributed by atoms with Gasteiger partial charge in [-0.25, -0.2) is 35.1 Å². The third kappa shape index (κ3) is 4.93. The number of halogens is 2. The van der Waals surface area contributed by atoms with E-state index in [2.05, 4.69) is 9.44 Å². The molecule has 3 rings (SSSR count). The van der Waals surface area contributed by atoms with Crippen molar-refractivity contribution >= 4 is 20.0 Å². The van der Waals surface area contributed by atoms with Crippen molar-refractivity contribution in [3.63, 3.8) is 0 Å². The Morgan fingerprint density at radius 1 is 0.643 bits per heavy atom. The highest BCUT2D eigenvalue weighted by Crippen LogP contribution is 2.23. The van der Waals surface area contributed by atoms with Gasteiger partial charge in [-0.05, 0) is 61.4 Å². The Balaban J connectivity index is 1.78. The van der Waals surface area contributed by atoms with Gasteiger partial charge in [-0.15, -0.1) is 0 Å². The molecule has 2 aromatic carbocycles. The van der Waals surface area contributed by atoms with Crippen molar-refractivity contribution in [2.24, 2.45) is 0 Å². The van der Waals surface area contributed by atoms with Gasteiger partial charge in [0.1, 0.15) is 11.6 Å². The van der Waals surface area contributed by atoms with E-state index in [1.807, 2.05) is 0 Å². The highest BCUT2D eigenvalue weighted by atomic mass is 32.2. The molecule has 0 bridgehead atoms. The van der Waals surface area contributed by atoms with Crippen LogP contribution in [0.3, 0.4) is 0 Å². The van der Waals surface area contributed by atoms with Crippen molar-refractivity contribution in [1.82, 2.24) is 9.44 Å². The maximum atomic E-state index is 13.1. The van der Waals surface area contributed by atoms with E-state index in [0.717, 1.165) is 61.4 Å². The summed E-state index contributed by atoms with van der Waals surface area (Å²) in [5, 5.41) is 0. The Labute approximate surface area is 163 Å². The van der Waals surface area contributed by atoms with Crippen LogP contribution < -0.4 is 9.44 Å². The lowest BCUT2D eigenvalue weighted by atomic mass is 9.92. The predicted octanol–water partition coefficient (Wildman–Crippen LogP) is 2.53. The monoisotopic (exact) mass is 430 g/mol. The zero-order valence-corrected chi connectivity index (χ0v) is 16.4. The fourth-order valence-corrected chi connectivity index (χ4v) is 5.80. The van der Waals surface area contributed by atoms with Crippen LogP contribution in [0, 0.1) is 11.6 Å².